The lowest BCUT2D eigenvalue weighted by atomic mass is 10.0. The van der Waals surface area contributed by atoms with E-state index in [1.165, 1.54) is 18.9 Å². The summed E-state index contributed by atoms with van der Waals surface area (Å²) in [6.07, 6.45) is 8.80. The van der Waals surface area contributed by atoms with Crippen molar-refractivity contribution in [2.45, 2.75) is 58.0 Å². The number of carbonyl (C=O) groups is 2. The molecule has 8 nitrogen and oxygen atoms in total. The number of furan rings is 1. The molecular weight excluding hydrogens is 394 g/mol. The Labute approximate surface area is 180 Å². The molecule has 0 unspecified atom stereocenters. The minimum Gasteiger partial charge on any atom is -0.472 e. The highest BCUT2D eigenvalue weighted by Crippen LogP contribution is 2.24. The van der Waals surface area contributed by atoms with Gasteiger partial charge in [0.2, 0.25) is 0 Å². The Morgan fingerprint density at radius 1 is 1.13 bits per heavy atom. The first kappa shape index (κ1) is 19.8. The molecule has 1 saturated heterocycles. The van der Waals surface area contributed by atoms with Crippen LogP contribution in [0.1, 0.15) is 64.3 Å². The molecule has 0 spiro atoms. The van der Waals surface area contributed by atoms with Crippen LogP contribution in [0.25, 0.3) is 11.2 Å². The maximum Gasteiger partial charge on any atom is 0.257 e. The number of rotatable bonds is 3. The third-order valence-corrected chi connectivity index (χ3v) is 6.32. The van der Waals surface area contributed by atoms with Crippen LogP contribution in [0, 0.1) is 6.92 Å². The average Bonchev–Trinajstić information content (AvgIpc) is 3.36. The van der Waals surface area contributed by atoms with Gasteiger partial charge in [0.25, 0.3) is 11.8 Å². The van der Waals surface area contributed by atoms with Gasteiger partial charge in [-0.2, -0.15) is 0 Å². The second-order valence-electron chi connectivity index (χ2n) is 8.53. The normalized spacial score (nSPS) is 17.4. The van der Waals surface area contributed by atoms with Gasteiger partial charge in [0, 0.05) is 37.8 Å². The molecule has 2 amide bonds. The standard InChI is InChI=1S/C23H27N5O3/c1-15-13-18(20-21(24-15)28-9-4-2-3-5-19(28)26-20)22(29)25-17-6-10-27(11-7-17)23(30)16-8-12-31-14-16/h8,12-14,17H,2-7,9-11H2,1H3,(H,25,29). The quantitative estimate of drug-likeness (QED) is 0.701. The fourth-order valence-corrected chi connectivity index (χ4v) is 4.65. The van der Waals surface area contributed by atoms with Crippen LogP contribution in [-0.4, -0.2) is 50.4 Å². The first-order valence-corrected chi connectivity index (χ1v) is 11.1. The van der Waals surface area contributed by atoms with Crippen LogP contribution >= 0.6 is 0 Å². The summed E-state index contributed by atoms with van der Waals surface area (Å²) in [5, 5.41) is 3.17. The summed E-state index contributed by atoms with van der Waals surface area (Å²) in [7, 11) is 0. The summed E-state index contributed by atoms with van der Waals surface area (Å²) < 4.78 is 7.20. The van der Waals surface area contributed by atoms with E-state index in [4.69, 9.17) is 14.4 Å². The number of nitrogens with zero attached hydrogens (tertiary/aromatic N) is 4. The number of fused-ring (bicyclic) bond motifs is 3. The van der Waals surface area contributed by atoms with Crippen LogP contribution in [0.3, 0.4) is 0 Å². The lowest BCUT2D eigenvalue weighted by molar-refractivity contribution is 0.0697. The van der Waals surface area contributed by atoms with Crippen LogP contribution in [0.5, 0.6) is 0 Å². The van der Waals surface area contributed by atoms with E-state index in [0.29, 0.717) is 29.7 Å². The predicted molar refractivity (Wildman–Crippen MR) is 115 cm³/mol. The number of hydrogen-bond donors (Lipinski definition) is 1. The third kappa shape index (κ3) is 3.82. The number of aromatic nitrogens is 3. The lowest BCUT2D eigenvalue weighted by Gasteiger charge is -2.32. The molecular formula is C23H27N5O3. The number of piperidine rings is 1. The fourth-order valence-electron chi connectivity index (χ4n) is 4.65. The summed E-state index contributed by atoms with van der Waals surface area (Å²) in [6, 6.07) is 3.55. The largest absolute Gasteiger partial charge is 0.472 e. The van der Waals surface area contributed by atoms with E-state index in [1.54, 1.807) is 6.07 Å². The molecule has 0 atom stereocenters. The highest BCUT2D eigenvalue weighted by molar-refractivity contribution is 6.04. The van der Waals surface area contributed by atoms with E-state index in [0.717, 1.165) is 55.8 Å². The molecule has 31 heavy (non-hydrogen) atoms. The van der Waals surface area contributed by atoms with Crippen LogP contribution in [0.2, 0.25) is 0 Å². The van der Waals surface area contributed by atoms with Crippen LogP contribution in [-0.2, 0) is 13.0 Å². The number of aryl methyl sites for hydroxylation is 3. The van der Waals surface area contributed by atoms with Crippen molar-refractivity contribution >= 4 is 23.0 Å². The van der Waals surface area contributed by atoms with Crippen molar-refractivity contribution in [3.8, 4) is 0 Å². The van der Waals surface area contributed by atoms with Crippen LogP contribution in [0.4, 0.5) is 0 Å². The zero-order chi connectivity index (χ0) is 21.4. The summed E-state index contributed by atoms with van der Waals surface area (Å²) in [5.74, 6) is 0.901. The van der Waals surface area contributed by atoms with Gasteiger partial charge in [0.15, 0.2) is 5.65 Å². The minimum atomic E-state index is -0.108. The van der Waals surface area contributed by atoms with E-state index < -0.39 is 0 Å². The van der Waals surface area contributed by atoms with Crippen molar-refractivity contribution in [1.82, 2.24) is 24.8 Å². The Hall–Kier alpha value is -3.16. The van der Waals surface area contributed by atoms with Gasteiger partial charge in [-0.05, 0) is 44.7 Å². The smallest absolute Gasteiger partial charge is 0.257 e. The highest BCUT2D eigenvalue weighted by Gasteiger charge is 2.27. The Morgan fingerprint density at radius 3 is 2.74 bits per heavy atom. The van der Waals surface area contributed by atoms with Gasteiger partial charge in [-0.15, -0.1) is 0 Å². The van der Waals surface area contributed by atoms with Gasteiger partial charge in [-0.1, -0.05) is 6.42 Å². The number of imidazole rings is 1. The van der Waals surface area contributed by atoms with Crippen LogP contribution < -0.4 is 5.32 Å². The third-order valence-electron chi connectivity index (χ3n) is 6.32. The lowest BCUT2D eigenvalue weighted by Crippen LogP contribution is -2.46. The number of amides is 2. The molecule has 162 valence electrons. The average molecular weight is 422 g/mol. The molecule has 1 fully saturated rings. The number of nitrogens with one attached hydrogen (secondary N) is 1. The molecule has 3 aromatic rings. The van der Waals surface area contributed by atoms with Gasteiger partial charge in [-0.3, -0.25) is 9.59 Å². The molecule has 1 N–H and O–H groups in total. The van der Waals surface area contributed by atoms with Gasteiger partial charge < -0.3 is 19.2 Å². The molecule has 5 rings (SSSR count). The van der Waals surface area contributed by atoms with Crippen molar-refractivity contribution in [2.24, 2.45) is 0 Å². The van der Waals surface area contributed by atoms with Crippen LogP contribution in [0.15, 0.2) is 29.1 Å². The molecule has 2 aliphatic heterocycles. The number of carbonyl (C=O) groups excluding carboxylic acids is 2. The molecule has 3 aromatic heterocycles. The first-order chi connectivity index (χ1) is 15.1. The van der Waals surface area contributed by atoms with Gasteiger partial charge in [0.1, 0.15) is 17.6 Å². The van der Waals surface area contributed by atoms with E-state index in [-0.39, 0.29) is 17.9 Å². The topological polar surface area (TPSA) is 93.3 Å². The van der Waals surface area contributed by atoms with Gasteiger partial charge in [-0.25, -0.2) is 9.97 Å². The molecule has 0 bridgehead atoms. The number of hydrogen-bond acceptors (Lipinski definition) is 5. The van der Waals surface area contributed by atoms with E-state index in [1.807, 2.05) is 17.9 Å². The second-order valence-corrected chi connectivity index (χ2v) is 8.53. The summed E-state index contributed by atoms with van der Waals surface area (Å²) in [6.45, 7) is 4.05. The van der Waals surface area contributed by atoms with Gasteiger partial charge >= 0.3 is 0 Å². The Kier molecular flexibility index (Phi) is 5.21. The minimum absolute atomic E-state index is 0.0236. The molecule has 2 aliphatic rings. The Morgan fingerprint density at radius 2 is 1.97 bits per heavy atom. The summed E-state index contributed by atoms with van der Waals surface area (Å²) >= 11 is 0. The fraction of sp³-hybridized carbons (Fsp3) is 0.478. The zero-order valence-corrected chi connectivity index (χ0v) is 17.8. The predicted octanol–water partition coefficient (Wildman–Crippen LogP) is 3.09. The first-order valence-electron chi connectivity index (χ1n) is 11.1. The van der Waals surface area contributed by atoms with Gasteiger partial charge in [0.05, 0.1) is 17.4 Å². The summed E-state index contributed by atoms with van der Waals surface area (Å²) in [5.41, 5.74) is 3.51. The molecule has 0 radical (unpaired) electrons. The SMILES string of the molecule is Cc1cc(C(=O)NC2CCN(C(=O)c3ccoc3)CC2)c2nc3n(c2n1)CCCCC3. The van der Waals surface area contributed by atoms with Crippen molar-refractivity contribution in [3.63, 3.8) is 0 Å². The maximum absolute atomic E-state index is 13.2. The van der Waals surface area contributed by atoms with Crippen molar-refractivity contribution in [3.05, 3.63) is 47.3 Å². The summed E-state index contributed by atoms with van der Waals surface area (Å²) in [4.78, 5) is 37.0. The van der Waals surface area contributed by atoms with E-state index in [2.05, 4.69) is 9.88 Å². The van der Waals surface area contributed by atoms with E-state index in [9.17, 15) is 9.59 Å². The number of likely N-dealkylation sites (tertiary alicyclic amines) is 1. The van der Waals surface area contributed by atoms with Crippen molar-refractivity contribution in [1.29, 1.82) is 0 Å². The Bertz CT molecular complexity index is 1110. The maximum atomic E-state index is 13.2. The highest BCUT2D eigenvalue weighted by atomic mass is 16.3. The van der Waals surface area contributed by atoms with Crippen molar-refractivity contribution in [2.75, 3.05) is 13.1 Å². The monoisotopic (exact) mass is 421 g/mol. The van der Waals surface area contributed by atoms with Crippen molar-refractivity contribution < 1.29 is 14.0 Å². The number of pyridine rings is 1. The molecule has 0 saturated carbocycles. The Balaban J connectivity index is 1.30. The second kappa shape index (κ2) is 8.17. The zero-order valence-electron chi connectivity index (χ0n) is 17.8. The molecule has 8 heteroatoms. The molecule has 5 heterocycles. The van der Waals surface area contributed by atoms with E-state index >= 15 is 0 Å². The molecule has 0 aromatic carbocycles. The molecule has 0 aliphatic carbocycles.